The number of hydrogen-bond acceptors (Lipinski definition) is 5. The van der Waals surface area contributed by atoms with Gasteiger partial charge in [-0.05, 0) is 12.8 Å². The van der Waals surface area contributed by atoms with E-state index < -0.39 is 16.2 Å². The minimum absolute atomic E-state index is 0.0563. The Bertz CT molecular complexity index is 390. The number of methoxy groups -OCH3 is 2. The van der Waals surface area contributed by atoms with Crippen LogP contribution in [0, 0.1) is 0 Å². The second-order valence-electron chi connectivity index (χ2n) is 4.49. The first-order valence-electron chi connectivity index (χ1n) is 6.22. The summed E-state index contributed by atoms with van der Waals surface area (Å²) in [6.45, 7) is 1.02. The van der Waals surface area contributed by atoms with Gasteiger partial charge in [0.15, 0.2) is 0 Å². The summed E-state index contributed by atoms with van der Waals surface area (Å²) in [5.41, 5.74) is 0. The van der Waals surface area contributed by atoms with Gasteiger partial charge in [0, 0.05) is 33.8 Å². The van der Waals surface area contributed by atoms with Crippen LogP contribution in [0.2, 0.25) is 0 Å². The van der Waals surface area contributed by atoms with Crippen molar-refractivity contribution in [3.05, 3.63) is 0 Å². The van der Waals surface area contributed by atoms with Crippen LogP contribution >= 0.6 is 0 Å². The molecule has 0 aromatic carbocycles. The topological polar surface area (TPSA) is 76.2 Å². The minimum Gasteiger partial charge on any atom is -0.469 e. The van der Waals surface area contributed by atoms with Gasteiger partial charge in [0.05, 0.1) is 19.6 Å². The monoisotopic (exact) mass is 294 g/mol. The molecule has 7 nitrogen and oxygen atoms in total. The molecule has 0 bridgehead atoms. The van der Waals surface area contributed by atoms with Gasteiger partial charge >= 0.3 is 5.97 Å². The molecule has 0 N–H and O–H groups in total. The van der Waals surface area contributed by atoms with Crippen molar-refractivity contribution >= 4 is 16.2 Å². The second-order valence-corrected chi connectivity index (χ2v) is 6.52. The van der Waals surface area contributed by atoms with E-state index >= 15 is 0 Å². The van der Waals surface area contributed by atoms with Crippen molar-refractivity contribution in [3.8, 4) is 0 Å². The Hall–Kier alpha value is -0.700. The van der Waals surface area contributed by atoms with E-state index in [1.807, 2.05) is 0 Å². The molecule has 0 spiro atoms. The average Bonchev–Trinajstić information content (AvgIpc) is 2.44. The summed E-state index contributed by atoms with van der Waals surface area (Å²) >= 11 is 0. The van der Waals surface area contributed by atoms with Gasteiger partial charge in [0.2, 0.25) is 0 Å². The molecule has 1 fully saturated rings. The predicted octanol–water partition coefficient (Wildman–Crippen LogP) is -0.163. The zero-order chi connectivity index (χ0) is 14.5. The van der Waals surface area contributed by atoms with E-state index in [-0.39, 0.29) is 19.1 Å². The molecule has 0 unspecified atom stereocenters. The van der Waals surface area contributed by atoms with E-state index in [1.54, 1.807) is 7.11 Å². The molecule has 0 amide bonds. The van der Waals surface area contributed by atoms with E-state index in [9.17, 15) is 13.2 Å². The van der Waals surface area contributed by atoms with Crippen molar-refractivity contribution in [2.45, 2.75) is 25.4 Å². The largest absolute Gasteiger partial charge is 0.469 e. The summed E-state index contributed by atoms with van der Waals surface area (Å²) in [5.74, 6) is -0.417. The Kier molecular flexibility index (Phi) is 6.18. The highest BCUT2D eigenvalue weighted by Gasteiger charge is 2.31. The molecule has 0 saturated carbocycles. The van der Waals surface area contributed by atoms with Crippen LogP contribution in [0.3, 0.4) is 0 Å². The van der Waals surface area contributed by atoms with Gasteiger partial charge in [-0.1, -0.05) is 0 Å². The molecule has 0 aromatic heterocycles. The number of rotatable bonds is 6. The lowest BCUT2D eigenvalue weighted by Crippen LogP contribution is -2.47. The third-order valence-electron chi connectivity index (χ3n) is 3.31. The van der Waals surface area contributed by atoms with Crippen molar-refractivity contribution in [1.29, 1.82) is 0 Å². The number of hydrogen-bond donors (Lipinski definition) is 0. The fourth-order valence-corrected chi connectivity index (χ4v) is 3.35. The molecule has 1 rings (SSSR count). The number of carbonyl (C=O) groups is 1. The molecule has 1 aliphatic heterocycles. The van der Waals surface area contributed by atoms with Gasteiger partial charge in [0.25, 0.3) is 10.2 Å². The number of nitrogens with zero attached hydrogens (tertiary/aromatic N) is 2. The van der Waals surface area contributed by atoms with Crippen LogP contribution < -0.4 is 0 Å². The van der Waals surface area contributed by atoms with Crippen LogP contribution in [0.5, 0.6) is 0 Å². The zero-order valence-corrected chi connectivity index (χ0v) is 12.5. The molecule has 0 atom stereocenters. The smallest absolute Gasteiger partial charge is 0.306 e. The first-order valence-corrected chi connectivity index (χ1v) is 7.62. The minimum atomic E-state index is -3.49. The number of piperidine rings is 1. The van der Waals surface area contributed by atoms with E-state index in [1.165, 1.54) is 22.8 Å². The molecule has 1 heterocycles. The van der Waals surface area contributed by atoms with Crippen LogP contribution in [0.15, 0.2) is 0 Å². The molecule has 19 heavy (non-hydrogen) atoms. The Morgan fingerprint density at radius 2 is 1.89 bits per heavy atom. The lowest BCUT2D eigenvalue weighted by Gasteiger charge is -2.33. The Morgan fingerprint density at radius 1 is 1.32 bits per heavy atom. The number of carbonyl (C=O) groups excluding carboxylic acids is 1. The Morgan fingerprint density at radius 3 is 2.37 bits per heavy atom. The van der Waals surface area contributed by atoms with Crippen molar-refractivity contribution in [3.63, 3.8) is 0 Å². The lowest BCUT2D eigenvalue weighted by molar-refractivity contribution is -0.140. The van der Waals surface area contributed by atoms with E-state index in [0.29, 0.717) is 25.9 Å². The normalized spacial score (nSPS) is 18.7. The van der Waals surface area contributed by atoms with Crippen LogP contribution in [0.4, 0.5) is 0 Å². The molecular formula is C11H22N2O5S. The van der Waals surface area contributed by atoms with Crippen LogP contribution in [-0.4, -0.2) is 70.0 Å². The van der Waals surface area contributed by atoms with Gasteiger partial charge in [-0.15, -0.1) is 0 Å². The van der Waals surface area contributed by atoms with Crippen molar-refractivity contribution in [2.24, 2.45) is 0 Å². The Labute approximate surface area is 114 Å². The van der Waals surface area contributed by atoms with Crippen molar-refractivity contribution < 1.29 is 22.7 Å². The summed E-state index contributed by atoms with van der Waals surface area (Å²) in [5, 5.41) is 0. The highest BCUT2D eigenvalue weighted by Crippen LogP contribution is 2.17. The average molecular weight is 294 g/mol. The maximum absolute atomic E-state index is 12.2. The molecule has 0 aliphatic carbocycles. The van der Waals surface area contributed by atoms with Crippen molar-refractivity contribution in [2.75, 3.05) is 40.9 Å². The molecule has 0 radical (unpaired) electrons. The van der Waals surface area contributed by atoms with Crippen LogP contribution in [-0.2, 0) is 24.5 Å². The fourth-order valence-electron chi connectivity index (χ4n) is 1.96. The number of esters is 1. The zero-order valence-electron chi connectivity index (χ0n) is 11.7. The molecule has 112 valence electrons. The van der Waals surface area contributed by atoms with Gasteiger partial charge in [-0.3, -0.25) is 4.79 Å². The summed E-state index contributed by atoms with van der Waals surface area (Å²) in [4.78, 5) is 11.0. The fraction of sp³-hybridized carbons (Fsp3) is 0.909. The number of ether oxygens (including phenoxy) is 2. The Balaban J connectivity index is 2.53. The molecule has 0 aromatic rings. The lowest BCUT2D eigenvalue weighted by atomic mass is 10.1. The highest BCUT2D eigenvalue weighted by atomic mass is 32.2. The van der Waals surface area contributed by atoms with Crippen LogP contribution in [0.25, 0.3) is 0 Å². The van der Waals surface area contributed by atoms with Gasteiger partial charge in [-0.2, -0.15) is 17.0 Å². The van der Waals surface area contributed by atoms with Gasteiger partial charge < -0.3 is 9.47 Å². The summed E-state index contributed by atoms with van der Waals surface area (Å²) < 4.78 is 36.8. The molecule has 1 saturated heterocycles. The van der Waals surface area contributed by atoms with E-state index in [0.717, 1.165) is 0 Å². The third kappa shape index (κ3) is 4.41. The third-order valence-corrected chi connectivity index (χ3v) is 5.30. The molecule has 8 heteroatoms. The molecular weight excluding hydrogens is 272 g/mol. The summed E-state index contributed by atoms with van der Waals surface area (Å²) in [6.07, 6.45) is 1.58. The van der Waals surface area contributed by atoms with E-state index in [4.69, 9.17) is 4.74 Å². The highest BCUT2D eigenvalue weighted by molar-refractivity contribution is 7.86. The first-order chi connectivity index (χ1) is 8.91. The summed E-state index contributed by atoms with van der Waals surface area (Å²) in [6, 6.07) is 0. The quantitative estimate of drug-likeness (QED) is 0.636. The summed E-state index contributed by atoms with van der Waals surface area (Å²) in [7, 11) is 0.899. The SMILES string of the molecule is COC(=O)CCN(C)S(=O)(=O)N1CCC(OC)CC1. The van der Waals surface area contributed by atoms with Crippen LogP contribution in [0.1, 0.15) is 19.3 Å². The first kappa shape index (κ1) is 16.4. The predicted molar refractivity (Wildman–Crippen MR) is 69.8 cm³/mol. The second kappa shape index (κ2) is 7.18. The van der Waals surface area contributed by atoms with E-state index in [2.05, 4.69) is 4.74 Å². The molecule has 1 aliphatic rings. The van der Waals surface area contributed by atoms with Gasteiger partial charge in [0.1, 0.15) is 0 Å². The standard InChI is InChI=1S/C11H22N2O5S/c1-12(7-6-11(14)18-3)19(15,16)13-8-4-10(17-2)5-9-13/h10H,4-9H2,1-3H3. The maximum atomic E-state index is 12.2. The maximum Gasteiger partial charge on any atom is 0.306 e. The van der Waals surface area contributed by atoms with Crippen molar-refractivity contribution in [1.82, 2.24) is 8.61 Å². The van der Waals surface area contributed by atoms with Gasteiger partial charge in [-0.25, -0.2) is 0 Å².